The number of H-pyrrole nitrogens is 1. The first-order valence-electron chi connectivity index (χ1n) is 6.59. The summed E-state index contributed by atoms with van der Waals surface area (Å²) < 4.78 is 77.4. The Bertz CT molecular complexity index is 875. The molecule has 3 nitrogen and oxygen atoms in total. The number of halogens is 6. The molecule has 0 aliphatic carbocycles. The lowest BCUT2D eigenvalue weighted by Crippen LogP contribution is -2.11. The third kappa shape index (κ3) is 3.01. The van der Waals surface area contributed by atoms with Crippen molar-refractivity contribution in [2.75, 3.05) is 5.73 Å². The number of anilines is 1. The quantitative estimate of drug-likeness (QED) is 0.489. The maximum absolute atomic E-state index is 12.9. The van der Waals surface area contributed by atoms with E-state index in [1.807, 2.05) is 0 Å². The van der Waals surface area contributed by atoms with Crippen LogP contribution in [0.1, 0.15) is 11.1 Å². The van der Waals surface area contributed by atoms with Crippen molar-refractivity contribution in [2.24, 2.45) is 0 Å². The van der Waals surface area contributed by atoms with Crippen molar-refractivity contribution < 1.29 is 26.3 Å². The van der Waals surface area contributed by atoms with Gasteiger partial charge >= 0.3 is 12.4 Å². The molecular weight excluding hydrogens is 336 g/mol. The summed E-state index contributed by atoms with van der Waals surface area (Å²) >= 11 is 0. The van der Waals surface area contributed by atoms with Crippen molar-refractivity contribution in [3.63, 3.8) is 0 Å². The molecule has 0 unspecified atom stereocenters. The van der Waals surface area contributed by atoms with Crippen molar-refractivity contribution >= 4 is 16.7 Å². The van der Waals surface area contributed by atoms with Crippen LogP contribution in [0.3, 0.4) is 0 Å². The average molecular weight is 345 g/mol. The molecule has 3 rings (SSSR count). The largest absolute Gasteiger partial charge is 0.416 e. The van der Waals surface area contributed by atoms with Crippen LogP contribution in [0.5, 0.6) is 0 Å². The summed E-state index contributed by atoms with van der Waals surface area (Å²) in [6.45, 7) is 0. The smallest absolute Gasteiger partial charge is 0.399 e. The number of aromatic nitrogens is 2. The molecule has 1 aromatic heterocycles. The standard InChI is InChI=1S/C15H9F6N3/c16-14(17,18)8-3-7(4-9(5-8)15(19,20)21)13-23-11-2-1-10(22)6-12(11)24-13/h1-6H,22H2,(H,23,24). The first kappa shape index (κ1) is 16.2. The third-order valence-corrected chi connectivity index (χ3v) is 3.37. The normalized spacial score (nSPS) is 12.8. The predicted octanol–water partition coefficient (Wildman–Crippen LogP) is 4.85. The number of fused-ring (bicyclic) bond motifs is 1. The minimum Gasteiger partial charge on any atom is -0.399 e. The van der Waals surface area contributed by atoms with E-state index >= 15 is 0 Å². The maximum atomic E-state index is 12.9. The third-order valence-electron chi connectivity index (χ3n) is 3.37. The Morgan fingerprint density at radius 2 is 1.42 bits per heavy atom. The molecule has 24 heavy (non-hydrogen) atoms. The molecule has 9 heteroatoms. The summed E-state index contributed by atoms with van der Waals surface area (Å²) in [5.74, 6) is -0.104. The van der Waals surface area contributed by atoms with Crippen molar-refractivity contribution in [2.45, 2.75) is 12.4 Å². The van der Waals surface area contributed by atoms with Crippen molar-refractivity contribution in [3.8, 4) is 11.4 Å². The van der Waals surface area contributed by atoms with E-state index < -0.39 is 23.5 Å². The number of nitrogen functional groups attached to an aromatic ring is 1. The zero-order chi connectivity index (χ0) is 17.7. The van der Waals surface area contributed by atoms with E-state index in [4.69, 9.17) is 5.73 Å². The zero-order valence-electron chi connectivity index (χ0n) is 11.8. The molecule has 0 aliphatic rings. The second kappa shape index (κ2) is 5.15. The number of rotatable bonds is 1. The summed E-state index contributed by atoms with van der Waals surface area (Å²) in [4.78, 5) is 6.71. The fourth-order valence-electron chi connectivity index (χ4n) is 2.25. The molecule has 126 valence electrons. The van der Waals surface area contributed by atoms with Gasteiger partial charge in [0.15, 0.2) is 0 Å². The van der Waals surface area contributed by atoms with Gasteiger partial charge in [-0.15, -0.1) is 0 Å². The van der Waals surface area contributed by atoms with E-state index in [0.717, 1.165) is 0 Å². The summed E-state index contributed by atoms with van der Waals surface area (Å²) in [6.07, 6.45) is -9.82. The lowest BCUT2D eigenvalue weighted by molar-refractivity contribution is -0.143. The Kier molecular flexibility index (Phi) is 3.47. The van der Waals surface area contributed by atoms with Crippen LogP contribution in [-0.2, 0) is 12.4 Å². The number of nitrogens with two attached hydrogens (primary N) is 1. The highest BCUT2D eigenvalue weighted by Crippen LogP contribution is 2.38. The molecule has 0 radical (unpaired) electrons. The van der Waals surface area contributed by atoms with Crippen LogP contribution in [0.15, 0.2) is 36.4 Å². The van der Waals surface area contributed by atoms with E-state index in [0.29, 0.717) is 28.9 Å². The lowest BCUT2D eigenvalue weighted by Gasteiger charge is -2.13. The Morgan fingerprint density at radius 3 is 1.96 bits per heavy atom. The fourth-order valence-corrected chi connectivity index (χ4v) is 2.25. The molecule has 3 aromatic rings. The zero-order valence-corrected chi connectivity index (χ0v) is 11.8. The predicted molar refractivity (Wildman–Crippen MR) is 75.9 cm³/mol. The molecule has 0 spiro atoms. The highest BCUT2D eigenvalue weighted by atomic mass is 19.4. The van der Waals surface area contributed by atoms with Crippen LogP contribution in [-0.4, -0.2) is 9.97 Å². The average Bonchev–Trinajstić information content (AvgIpc) is 2.88. The van der Waals surface area contributed by atoms with Gasteiger partial charge in [-0.1, -0.05) is 0 Å². The Labute approximate surface area is 131 Å². The van der Waals surface area contributed by atoms with Gasteiger partial charge in [0.25, 0.3) is 0 Å². The highest BCUT2D eigenvalue weighted by molar-refractivity contribution is 5.82. The van der Waals surface area contributed by atoms with E-state index in [-0.39, 0.29) is 17.5 Å². The number of nitrogens with one attached hydrogen (secondary N) is 1. The first-order valence-corrected chi connectivity index (χ1v) is 6.59. The van der Waals surface area contributed by atoms with Gasteiger partial charge in [0.1, 0.15) is 5.82 Å². The van der Waals surface area contributed by atoms with Crippen LogP contribution in [0, 0.1) is 0 Å². The second-order valence-corrected chi connectivity index (χ2v) is 5.16. The molecule has 0 amide bonds. The fraction of sp³-hybridized carbons (Fsp3) is 0.133. The van der Waals surface area contributed by atoms with Gasteiger partial charge in [-0.3, -0.25) is 0 Å². The molecule has 0 saturated heterocycles. The van der Waals surface area contributed by atoms with E-state index in [9.17, 15) is 26.3 Å². The first-order chi connectivity index (χ1) is 11.0. The van der Waals surface area contributed by atoms with Gasteiger partial charge in [0.05, 0.1) is 22.2 Å². The number of benzene rings is 2. The topological polar surface area (TPSA) is 54.7 Å². The van der Waals surface area contributed by atoms with Crippen molar-refractivity contribution in [3.05, 3.63) is 47.5 Å². The van der Waals surface area contributed by atoms with Gasteiger partial charge in [-0.2, -0.15) is 26.3 Å². The van der Waals surface area contributed by atoms with Gasteiger partial charge in [-0.05, 0) is 36.4 Å². The summed E-state index contributed by atoms with van der Waals surface area (Å²) in [6, 6.07) is 5.86. The molecule has 2 aromatic carbocycles. The summed E-state index contributed by atoms with van der Waals surface area (Å²) in [7, 11) is 0. The number of alkyl halides is 6. The molecule has 1 heterocycles. The van der Waals surface area contributed by atoms with Gasteiger partial charge in [-0.25, -0.2) is 4.98 Å². The molecule has 3 N–H and O–H groups in total. The minimum absolute atomic E-state index is 0.0736. The van der Waals surface area contributed by atoms with Gasteiger partial charge < -0.3 is 10.7 Å². The molecule has 0 bridgehead atoms. The number of nitrogens with zero attached hydrogens (tertiary/aromatic N) is 1. The molecule has 0 saturated carbocycles. The minimum atomic E-state index is -4.91. The number of hydrogen-bond donors (Lipinski definition) is 2. The monoisotopic (exact) mass is 345 g/mol. The molecular formula is C15H9F6N3. The number of imidazole rings is 1. The Balaban J connectivity index is 2.21. The van der Waals surface area contributed by atoms with Gasteiger partial charge in [0.2, 0.25) is 0 Å². The SMILES string of the molecule is Nc1ccc2[nH]c(-c3cc(C(F)(F)F)cc(C(F)(F)F)c3)nc2c1. The van der Waals surface area contributed by atoms with E-state index in [2.05, 4.69) is 9.97 Å². The van der Waals surface area contributed by atoms with Crippen LogP contribution in [0.2, 0.25) is 0 Å². The number of hydrogen-bond acceptors (Lipinski definition) is 2. The molecule has 0 fully saturated rings. The Hall–Kier alpha value is -2.71. The van der Waals surface area contributed by atoms with Gasteiger partial charge in [0, 0.05) is 11.3 Å². The van der Waals surface area contributed by atoms with Crippen molar-refractivity contribution in [1.82, 2.24) is 9.97 Å². The number of aromatic amines is 1. The van der Waals surface area contributed by atoms with Crippen LogP contribution in [0.25, 0.3) is 22.4 Å². The maximum Gasteiger partial charge on any atom is 0.416 e. The van der Waals surface area contributed by atoms with Crippen LogP contribution in [0.4, 0.5) is 32.0 Å². The highest BCUT2D eigenvalue weighted by Gasteiger charge is 2.37. The van der Waals surface area contributed by atoms with E-state index in [1.165, 1.54) is 12.1 Å². The summed E-state index contributed by atoms with van der Waals surface area (Å²) in [5, 5.41) is 0. The Morgan fingerprint density at radius 1 is 0.833 bits per heavy atom. The van der Waals surface area contributed by atoms with Crippen LogP contribution >= 0.6 is 0 Å². The van der Waals surface area contributed by atoms with E-state index in [1.54, 1.807) is 6.07 Å². The second-order valence-electron chi connectivity index (χ2n) is 5.16. The molecule has 0 aliphatic heterocycles. The lowest BCUT2D eigenvalue weighted by atomic mass is 10.0. The van der Waals surface area contributed by atoms with Crippen LogP contribution < -0.4 is 5.73 Å². The summed E-state index contributed by atoms with van der Waals surface area (Å²) in [5.41, 5.74) is 3.65. The molecule has 0 atom stereocenters. The van der Waals surface area contributed by atoms with Crippen molar-refractivity contribution in [1.29, 1.82) is 0 Å².